The van der Waals surface area contributed by atoms with Crippen molar-refractivity contribution in [1.82, 2.24) is 117 Å². The second kappa shape index (κ2) is 47.3. The molecule has 0 saturated heterocycles. The van der Waals surface area contributed by atoms with Crippen molar-refractivity contribution < 1.29 is 47.5 Å². The molecule has 0 aliphatic heterocycles. The second-order valence-corrected chi connectivity index (χ2v) is 36.6. The van der Waals surface area contributed by atoms with Gasteiger partial charge >= 0.3 is 0 Å². The third-order valence-electron chi connectivity index (χ3n) is 20.8. The quantitative estimate of drug-likeness (QED) is 0.00967. The van der Waals surface area contributed by atoms with E-state index in [1.807, 2.05) is 128 Å². The van der Waals surface area contributed by atoms with Gasteiger partial charge in [0.1, 0.15) is 59.0 Å². The molecular weight excluding hydrogens is 2070 g/mol. The highest BCUT2D eigenvalue weighted by molar-refractivity contribution is 9.09. The smallest absolute Gasteiger partial charge is 0.220 e. The third kappa shape index (κ3) is 23.9. The zero-order chi connectivity index (χ0) is 101. The van der Waals surface area contributed by atoms with Gasteiger partial charge in [0, 0.05) is 151 Å². The van der Waals surface area contributed by atoms with Crippen LogP contribution in [0.5, 0.6) is 0 Å². The molecule has 0 spiro atoms. The number of rotatable bonds is 26. The number of hydrogen-bond acceptors (Lipinski definition) is 31. The summed E-state index contributed by atoms with van der Waals surface area (Å²) in [6, 6.07) is 51.6. The van der Waals surface area contributed by atoms with Crippen molar-refractivity contribution in [2.24, 2.45) is 35.2 Å². The lowest BCUT2D eigenvalue weighted by atomic mass is 10.1. The van der Waals surface area contributed by atoms with Gasteiger partial charge in [-0.25, -0.2) is 59.6 Å². The van der Waals surface area contributed by atoms with Gasteiger partial charge in [-0.05, 0) is 138 Å². The Balaban J connectivity index is 0.000000137. The molecule has 0 atom stereocenters. The molecule has 722 valence electrons. The fraction of sp³-hybridized carbons (Fsp3) is 0.179. The van der Waals surface area contributed by atoms with Crippen molar-refractivity contribution in [2.75, 3.05) is 43.6 Å². The predicted molar refractivity (Wildman–Crippen MR) is 553 cm³/mol. The van der Waals surface area contributed by atoms with Gasteiger partial charge in [-0.15, -0.1) is 0 Å². The number of aliphatic hydroxyl groups is 1. The molecule has 0 bridgehead atoms. The molecule has 0 amide bonds. The van der Waals surface area contributed by atoms with Gasteiger partial charge in [-0.1, -0.05) is 170 Å². The van der Waals surface area contributed by atoms with Gasteiger partial charge in [-0.3, -0.25) is 65.7 Å². The molecule has 19 aromatic rings. The fourth-order valence-corrected chi connectivity index (χ4v) is 17.7. The summed E-state index contributed by atoms with van der Waals surface area (Å²) in [7, 11) is 11.9. The number of halogens is 6. The summed E-state index contributed by atoms with van der Waals surface area (Å²) in [5.74, 6) is 3.53. The zero-order valence-electron chi connectivity index (χ0n) is 77.7. The van der Waals surface area contributed by atoms with Crippen molar-refractivity contribution in [3.8, 4) is 23.3 Å². The van der Waals surface area contributed by atoms with E-state index >= 15 is 0 Å². The second-order valence-electron chi connectivity index (χ2n) is 30.4. The topological polar surface area (TPSA) is 392 Å². The van der Waals surface area contributed by atoms with E-state index in [2.05, 4.69) is 106 Å². The molecule has 14 aromatic heterocycles. The largest absolute Gasteiger partial charge is 0.391 e. The molecule has 5 aromatic carbocycles. The van der Waals surface area contributed by atoms with E-state index < -0.39 is 0 Å². The van der Waals surface area contributed by atoms with E-state index in [1.54, 1.807) is 209 Å². The number of aliphatic hydroxyl groups excluding tert-OH is 1. The first-order valence-electron chi connectivity index (χ1n) is 42.1. The Kier molecular flexibility index (Phi) is 34.9. The molecule has 0 unspecified atom stereocenters. The van der Waals surface area contributed by atoms with Crippen LogP contribution in [0.1, 0.15) is 109 Å². The maximum atomic E-state index is 13.4. The summed E-state index contributed by atoms with van der Waals surface area (Å²) in [5, 5.41) is 42.3. The highest BCUT2D eigenvalue weighted by Gasteiger charge is 2.30. The first kappa shape index (κ1) is 104. The molecule has 2 N–H and O–H groups in total. The van der Waals surface area contributed by atoms with Crippen LogP contribution < -0.4 is 5.32 Å². The molecular formula is C95H85BrCl5N25O10S5. The van der Waals surface area contributed by atoms with Crippen molar-refractivity contribution in [1.29, 1.82) is 0 Å². The van der Waals surface area contributed by atoms with Crippen LogP contribution in [0.15, 0.2) is 233 Å². The number of anilines is 2. The predicted octanol–water partition coefficient (Wildman–Crippen LogP) is 20.4. The highest BCUT2D eigenvalue weighted by Crippen LogP contribution is 2.36. The number of ketones is 5. The van der Waals surface area contributed by atoms with Gasteiger partial charge < -0.3 is 10.4 Å². The average molecular weight is 2150 g/mol. The number of Topliss-reactive ketones (excluding diaryl/α,β-unsaturated/α-hetero) is 1. The third-order valence-corrected chi connectivity index (χ3v) is 25.7. The summed E-state index contributed by atoms with van der Waals surface area (Å²) >= 11 is 40.0. The molecule has 14 heterocycles. The van der Waals surface area contributed by atoms with Crippen molar-refractivity contribution >= 4 is 218 Å². The summed E-state index contributed by atoms with van der Waals surface area (Å²) in [6.07, 6.45) is 14.1. The lowest BCUT2D eigenvalue weighted by Crippen LogP contribution is -2.12. The molecule has 0 fully saturated rings. The summed E-state index contributed by atoms with van der Waals surface area (Å²) in [6.45, 7) is 9.40. The summed E-state index contributed by atoms with van der Waals surface area (Å²) < 4.78 is 25.5. The van der Waals surface area contributed by atoms with Crippen LogP contribution in [-0.2, 0) is 60.3 Å². The average Bonchev–Trinajstić information content (AvgIpc) is 1.62. The van der Waals surface area contributed by atoms with Crippen LogP contribution in [0, 0.1) is 34.6 Å². The molecule has 35 nitrogen and oxygen atoms in total. The molecule has 0 aliphatic rings. The SMILES string of the molecule is COOSc1ncc2cc(C(=O)c3ccccc3Cl)n(-c3cc(C)nn3C)c2n1.COOSc1ncc2cc(C(=O)c3ccccc3Cl)n(-c3cc(C)nn3C)c2n1.CSc1ncc(CO)c(Nc2cc(C)nn2C)n1.CSc1ncc2cc(C(=O)c3ccccc3Cl)n(-c3cc(C)nn3C)c2n1.CSc1ncc2cc(C(=O)c3ccccc3Cl)n(-c3cc(C)nn3C)c2n1.O=C(CBr)c1ccccc1Cl. The minimum absolute atomic E-state index is 0.00981. The number of nitrogens with zero attached hydrogens (tertiary/aromatic N) is 24. The Hall–Kier alpha value is -12.7. The van der Waals surface area contributed by atoms with Crippen molar-refractivity contribution in [3.63, 3.8) is 0 Å². The Labute approximate surface area is 861 Å². The molecule has 19 rings (SSSR count). The number of aromatic nitrogens is 24. The molecule has 0 aliphatic carbocycles. The Bertz CT molecular complexity index is 7520. The van der Waals surface area contributed by atoms with Crippen LogP contribution in [-0.4, -0.2) is 189 Å². The van der Waals surface area contributed by atoms with E-state index in [-0.39, 0.29) is 35.5 Å². The van der Waals surface area contributed by atoms with E-state index in [9.17, 15) is 29.1 Å². The number of hydrogen-bond donors (Lipinski definition) is 2. The molecule has 0 saturated carbocycles. The van der Waals surface area contributed by atoms with Gasteiger partial charge in [0.15, 0.2) is 43.8 Å². The maximum absolute atomic E-state index is 13.4. The molecule has 0 radical (unpaired) electrons. The maximum Gasteiger partial charge on any atom is 0.220 e. The van der Waals surface area contributed by atoms with Crippen LogP contribution >= 0.6 is 133 Å². The summed E-state index contributed by atoms with van der Waals surface area (Å²) in [4.78, 5) is 118. The number of alkyl halides is 1. The van der Waals surface area contributed by atoms with E-state index in [0.29, 0.717) is 163 Å². The number of benzene rings is 5. The van der Waals surface area contributed by atoms with Crippen molar-refractivity contribution in [3.05, 3.63) is 317 Å². The number of nitrogens with one attached hydrogen (secondary N) is 1. The van der Waals surface area contributed by atoms with Crippen LogP contribution in [0.3, 0.4) is 0 Å². The number of thioether (sulfide) groups is 3. The fourth-order valence-electron chi connectivity index (χ4n) is 14.6. The molecule has 141 heavy (non-hydrogen) atoms. The zero-order valence-corrected chi connectivity index (χ0v) is 87.2. The van der Waals surface area contributed by atoms with Gasteiger partial charge in [0.05, 0.1) is 103 Å². The Morgan fingerprint density at radius 1 is 0.362 bits per heavy atom. The number of aryl methyl sites for hydroxylation is 10. The van der Waals surface area contributed by atoms with Crippen LogP contribution in [0.25, 0.3) is 67.4 Å². The van der Waals surface area contributed by atoms with Gasteiger partial charge in [0.2, 0.25) is 33.4 Å². The van der Waals surface area contributed by atoms with Crippen LogP contribution in [0.4, 0.5) is 11.6 Å². The minimum Gasteiger partial charge on any atom is -0.391 e. The first-order chi connectivity index (χ1) is 67.8. The number of carbonyl (C=O) groups excluding carboxylic acids is 5. The monoisotopic (exact) mass is 2150 g/mol. The minimum atomic E-state index is -0.227. The molecule has 46 heteroatoms. The standard InChI is InChI=1S/2C19H16ClN5O3S.2C19H16ClN5OS.C11H15N5OS.C8H6BrClO/c2*1-11-8-16(24(2)23-11)25-15(17(26)13-6-4-5-7-14(13)20)9-12-10-21-19(22-18(12)25)29-28-27-3;2*1-11-8-16(24(2)23-11)25-15(17(26)13-6-4-5-7-14(13)20)9-12-10-21-19(27-3)22-18(12)25;1-7-4-9(16(2)15-7)13-10-8(6-17)5-12-11(14-10)18-3;9-5-8(11)6-3-1-2-4-7(6)10/h2*4-10H,1-3H3;2*4-10H,1-3H3;4-5,17H,6H2,1-3H3,(H,12,13,14);1-4H,5H2. The lowest BCUT2D eigenvalue weighted by molar-refractivity contribution is -0.160. The first-order valence-corrected chi connectivity index (χ1v) is 50.2. The Morgan fingerprint density at radius 3 is 0.879 bits per heavy atom. The van der Waals surface area contributed by atoms with Gasteiger partial charge in [0.25, 0.3) is 0 Å². The summed E-state index contributed by atoms with van der Waals surface area (Å²) in [5.41, 5.74) is 11.3. The lowest BCUT2D eigenvalue weighted by Gasteiger charge is -2.10. The highest BCUT2D eigenvalue weighted by atomic mass is 79.9. The number of fused-ring (bicyclic) bond motifs is 4. The number of carbonyl (C=O) groups is 5. The van der Waals surface area contributed by atoms with E-state index in [4.69, 9.17) is 66.7 Å². The van der Waals surface area contributed by atoms with E-state index in [1.165, 1.54) is 49.5 Å². The van der Waals surface area contributed by atoms with Gasteiger partial charge in [-0.2, -0.15) is 34.2 Å². The Morgan fingerprint density at radius 2 is 0.624 bits per heavy atom. The van der Waals surface area contributed by atoms with Crippen LogP contribution in [0.2, 0.25) is 25.1 Å². The normalized spacial score (nSPS) is 11.1. The van der Waals surface area contributed by atoms with Crippen molar-refractivity contribution in [2.45, 2.75) is 67.0 Å². The van der Waals surface area contributed by atoms with E-state index in [0.717, 1.165) is 80.8 Å².